The van der Waals surface area contributed by atoms with Crippen LogP contribution < -0.4 is 5.38 Å². The molecular formula is C13H20O3Si. The molecule has 0 radical (unpaired) electrons. The van der Waals surface area contributed by atoms with Crippen LogP contribution >= 0.6 is 0 Å². The lowest BCUT2D eigenvalue weighted by atomic mass is 10.3. The van der Waals surface area contributed by atoms with Gasteiger partial charge in [0.25, 0.3) is 0 Å². The van der Waals surface area contributed by atoms with Crippen LogP contribution in [-0.4, -0.2) is 19.1 Å². The molecule has 1 aromatic rings. The Morgan fingerprint density at radius 1 is 1.35 bits per heavy atom. The number of carbonyl (C=O) groups is 1. The van der Waals surface area contributed by atoms with Gasteiger partial charge in [0.2, 0.25) is 0 Å². The predicted molar refractivity (Wildman–Crippen MR) is 72.2 cm³/mol. The van der Waals surface area contributed by atoms with E-state index in [1.54, 1.807) is 12.3 Å². The van der Waals surface area contributed by atoms with Gasteiger partial charge in [0.15, 0.2) is 0 Å². The first-order valence-corrected chi connectivity index (χ1v) is 8.70. The monoisotopic (exact) mass is 252 g/mol. The summed E-state index contributed by atoms with van der Waals surface area (Å²) in [6.07, 6.45) is 4.37. The fraction of sp³-hybridized carbons (Fsp3) is 0.462. The normalized spacial score (nSPS) is 12.2. The second-order valence-corrected chi connectivity index (χ2v) is 9.43. The van der Waals surface area contributed by atoms with Crippen LogP contribution in [0.25, 0.3) is 6.08 Å². The quantitative estimate of drug-likeness (QED) is 0.625. The van der Waals surface area contributed by atoms with Crippen molar-refractivity contribution in [2.75, 3.05) is 0 Å². The Morgan fingerprint density at radius 2 is 1.94 bits per heavy atom. The molecule has 0 fully saturated rings. The van der Waals surface area contributed by atoms with Crippen LogP contribution in [0.2, 0.25) is 18.1 Å². The predicted octanol–water partition coefficient (Wildman–Crippen LogP) is 3.09. The molecule has 4 heteroatoms. The highest BCUT2D eigenvalue weighted by Gasteiger charge is 2.32. The molecular weight excluding hydrogens is 232 g/mol. The number of hydrogen-bond donors (Lipinski definition) is 1. The molecule has 1 aromatic heterocycles. The Bertz CT molecular complexity index is 394. The van der Waals surface area contributed by atoms with E-state index in [4.69, 9.17) is 9.52 Å². The van der Waals surface area contributed by atoms with Crippen LogP contribution in [0.5, 0.6) is 0 Å². The molecule has 3 nitrogen and oxygen atoms in total. The Kier molecular flexibility index (Phi) is 4.75. The van der Waals surface area contributed by atoms with E-state index >= 15 is 0 Å². The highest BCUT2D eigenvalue weighted by atomic mass is 28.3. The van der Waals surface area contributed by atoms with E-state index in [2.05, 4.69) is 20.8 Å². The van der Waals surface area contributed by atoms with Crippen molar-refractivity contribution in [1.29, 1.82) is 0 Å². The largest absolute Gasteiger partial charge is 0.478 e. The molecule has 0 spiro atoms. The molecule has 0 unspecified atom stereocenters. The Labute approximate surface area is 103 Å². The average Bonchev–Trinajstić information content (AvgIpc) is 2.79. The lowest BCUT2D eigenvalue weighted by molar-refractivity contribution is -0.131. The van der Waals surface area contributed by atoms with Crippen LogP contribution in [0.1, 0.15) is 26.3 Å². The number of carboxylic acid groups (broad SMARTS) is 1. The summed E-state index contributed by atoms with van der Waals surface area (Å²) in [5, 5.41) is 9.66. The van der Waals surface area contributed by atoms with Gasteiger partial charge in [-0.15, -0.1) is 0 Å². The van der Waals surface area contributed by atoms with Gasteiger partial charge in [-0.3, -0.25) is 0 Å². The van der Waals surface area contributed by atoms with Crippen molar-refractivity contribution < 1.29 is 14.3 Å². The standard InChI is InChI=1S/C13H20O3Si/c1-4-17(5-2,6-3)13-9-11(10-16-13)7-8-12(14)15/h7-10H,4-6H2,1-3H3,(H,14,15). The number of hydrogen-bond acceptors (Lipinski definition) is 2. The molecule has 0 atom stereocenters. The first kappa shape index (κ1) is 13.8. The topological polar surface area (TPSA) is 50.4 Å². The van der Waals surface area contributed by atoms with Gasteiger partial charge in [-0.05, 0) is 12.1 Å². The SMILES string of the molecule is CC[Si](CC)(CC)c1cc(C=CC(=O)O)co1. The smallest absolute Gasteiger partial charge is 0.328 e. The summed E-state index contributed by atoms with van der Waals surface area (Å²) in [5.74, 6) is -0.933. The van der Waals surface area contributed by atoms with Crippen molar-refractivity contribution >= 4 is 25.5 Å². The minimum absolute atomic E-state index is 0.842. The minimum atomic E-state index is -1.48. The Balaban J connectivity index is 2.96. The van der Waals surface area contributed by atoms with Gasteiger partial charge in [0, 0.05) is 11.6 Å². The highest BCUT2D eigenvalue weighted by molar-refractivity contribution is 6.90. The van der Waals surface area contributed by atoms with Gasteiger partial charge < -0.3 is 9.52 Å². The molecule has 0 saturated carbocycles. The third-order valence-electron chi connectivity index (χ3n) is 3.59. The molecule has 94 valence electrons. The summed E-state index contributed by atoms with van der Waals surface area (Å²) >= 11 is 0. The lowest BCUT2D eigenvalue weighted by Gasteiger charge is -2.24. The maximum atomic E-state index is 10.4. The maximum absolute atomic E-state index is 10.4. The van der Waals surface area contributed by atoms with Gasteiger partial charge in [0.05, 0.1) is 11.6 Å². The zero-order chi connectivity index (χ0) is 12.9. The van der Waals surface area contributed by atoms with Crippen LogP contribution in [0.3, 0.4) is 0 Å². The number of rotatable bonds is 6. The maximum Gasteiger partial charge on any atom is 0.328 e. The van der Waals surface area contributed by atoms with E-state index in [0.29, 0.717) is 0 Å². The fourth-order valence-corrected chi connectivity index (χ4v) is 5.48. The number of furan rings is 1. The Hall–Kier alpha value is -1.29. The summed E-state index contributed by atoms with van der Waals surface area (Å²) in [7, 11) is -1.48. The van der Waals surface area contributed by atoms with E-state index in [1.165, 1.54) is 0 Å². The molecule has 0 aliphatic rings. The molecule has 0 aliphatic carbocycles. The van der Waals surface area contributed by atoms with Crippen molar-refractivity contribution in [2.45, 2.75) is 38.9 Å². The molecule has 0 bridgehead atoms. The molecule has 0 saturated heterocycles. The van der Waals surface area contributed by atoms with E-state index in [-0.39, 0.29) is 0 Å². The molecule has 0 amide bonds. The molecule has 1 rings (SSSR count). The van der Waals surface area contributed by atoms with E-state index in [0.717, 1.165) is 35.2 Å². The molecule has 0 aromatic carbocycles. The van der Waals surface area contributed by atoms with Crippen LogP contribution in [0.15, 0.2) is 22.8 Å². The first-order valence-electron chi connectivity index (χ1n) is 6.08. The highest BCUT2D eigenvalue weighted by Crippen LogP contribution is 2.21. The van der Waals surface area contributed by atoms with Crippen LogP contribution in [0.4, 0.5) is 0 Å². The Morgan fingerprint density at radius 3 is 2.41 bits per heavy atom. The summed E-state index contributed by atoms with van der Waals surface area (Å²) in [5.41, 5.74) is 0.842. The van der Waals surface area contributed by atoms with Gasteiger partial charge in [-0.1, -0.05) is 38.9 Å². The van der Waals surface area contributed by atoms with E-state index < -0.39 is 14.0 Å². The second-order valence-electron chi connectivity index (χ2n) is 4.26. The summed E-state index contributed by atoms with van der Waals surface area (Å²) in [6.45, 7) is 6.65. The summed E-state index contributed by atoms with van der Waals surface area (Å²) in [6, 6.07) is 5.49. The van der Waals surface area contributed by atoms with Crippen molar-refractivity contribution in [3.63, 3.8) is 0 Å². The lowest BCUT2D eigenvalue weighted by Crippen LogP contribution is -2.44. The first-order chi connectivity index (χ1) is 8.07. The number of carboxylic acids is 1. The van der Waals surface area contributed by atoms with Gasteiger partial charge in [0.1, 0.15) is 8.07 Å². The van der Waals surface area contributed by atoms with Gasteiger partial charge >= 0.3 is 5.97 Å². The van der Waals surface area contributed by atoms with Crippen molar-refractivity contribution in [2.24, 2.45) is 0 Å². The molecule has 17 heavy (non-hydrogen) atoms. The van der Waals surface area contributed by atoms with Crippen molar-refractivity contribution in [1.82, 2.24) is 0 Å². The summed E-state index contributed by atoms with van der Waals surface area (Å²) in [4.78, 5) is 10.4. The van der Waals surface area contributed by atoms with E-state index in [9.17, 15) is 4.79 Å². The fourth-order valence-electron chi connectivity index (χ4n) is 2.16. The van der Waals surface area contributed by atoms with Gasteiger partial charge in [-0.2, -0.15) is 0 Å². The van der Waals surface area contributed by atoms with E-state index in [1.807, 2.05) is 6.07 Å². The second kappa shape index (κ2) is 5.86. The molecule has 1 heterocycles. The summed E-state index contributed by atoms with van der Waals surface area (Å²) < 4.78 is 5.65. The van der Waals surface area contributed by atoms with Gasteiger partial charge in [-0.25, -0.2) is 4.79 Å². The minimum Gasteiger partial charge on any atom is -0.478 e. The van der Waals surface area contributed by atoms with Crippen molar-refractivity contribution in [3.05, 3.63) is 24.0 Å². The average molecular weight is 252 g/mol. The molecule has 1 N–H and O–H groups in total. The third-order valence-corrected chi connectivity index (χ3v) is 8.96. The molecule has 0 aliphatic heterocycles. The van der Waals surface area contributed by atoms with Crippen molar-refractivity contribution in [3.8, 4) is 0 Å². The zero-order valence-electron chi connectivity index (χ0n) is 10.7. The number of aliphatic carboxylic acids is 1. The van der Waals surface area contributed by atoms with Crippen LogP contribution in [0, 0.1) is 0 Å². The van der Waals surface area contributed by atoms with Crippen LogP contribution in [-0.2, 0) is 4.79 Å². The third kappa shape index (κ3) is 3.09. The zero-order valence-corrected chi connectivity index (χ0v) is 11.7.